The van der Waals surface area contributed by atoms with E-state index in [2.05, 4.69) is 40.1 Å². The van der Waals surface area contributed by atoms with Crippen LogP contribution in [0, 0.1) is 0 Å². The summed E-state index contributed by atoms with van der Waals surface area (Å²) in [7, 11) is 6.17. The van der Waals surface area contributed by atoms with Crippen molar-refractivity contribution in [3.63, 3.8) is 0 Å². The van der Waals surface area contributed by atoms with Crippen LogP contribution in [0.4, 0.5) is 0 Å². The van der Waals surface area contributed by atoms with Crippen molar-refractivity contribution in [2.45, 2.75) is 19.4 Å². The zero-order valence-corrected chi connectivity index (χ0v) is 10.0. The van der Waals surface area contributed by atoms with Crippen molar-refractivity contribution >= 4 is 0 Å². The van der Waals surface area contributed by atoms with Crippen LogP contribution in [-0.2, 0) is 13.0 Å². The number of likely N-dealkylation sites (N-methyl/N-ethyl adjacent to an activating group) is 1. The molecule has 1 aromatic rings. The molecule has 0 bridgehead atoms. The Bertz CT molecular complexity index is 267. The fourth-order valence-electron chi connectivity index (χ4n) is 1.48. The van der Waals surface area contributed by atoms with E-state index in [4.69, 9.17) is 0 Å². The first-order valence-electron chi connectivity index (χ1n) is 5.52. The molecule has 0 saturated heterocycles. The van der Waals surface area contributed by atoms with Gasteiger partial charge < -0.3 is 14.8 Å². The molecule has 0 amide bonds. The summed E-state index contributed by atoms with van der Waals surface area (Å²) >= 11 is 0. The first-order chi connectivity index (χ1) is 7.22. The molecule has 0 aromatic carbocycles. The van der Waals surface area contributed by atoms with Gasteiger partial charge in [0, 0.05) is 25.7 Å². The Labute approximate surface area is 92.3 Å². The first kappa shape index (κ1) is 12.2. The molecular formula is C11H22N4. The highest BCUT2D eigenvalue weighted by atomic mass is 15.1. The topological polar surface area (TPSA) is 33.1 Å². The lowest BCUT2D eigenvalue weighted by Crippen LogP contribution is -2.14. The van der Waals surface area contributed by atoms with Crippen LogP contribution < -0.4 is 5.32 Å². The van der Waals surface area contributed by atoms with Gasteiger partial charge in [-0.05, 0) is 34.1 Å². The van der Waals surface area contributed by atoms with Crippen molar-refractivity contribution in [3.8, 4) is 0 Å². The Morgan fingerprint density at radius 3 is 2.93 bits per heavy atom. The molecule has 0 aliphatic heterocycles. The average molecular weight is 210 g/mol. The molecule has 0 fully saturated rings. The summed E-state index contributed by atoms with van der Waals surface area (Å²) in [5.74, 6) is 0. The number of nitrogens with zero attached hydrogens (tertiary/aromatic N) is 3. The predicted octanol–water partition coefficient (Wildman–Crippen LogP) is 0.597. The zero-order chi connectivity index (χ0) is 11.1. The van der Waals surface area contributed by atoms with E-state index >= 15 is 0 Å². The molecule has 1 heterocycles. The predicted molar refractivity (Wildman–Crippen MR) is 63.0 cm³/mol. The Morgan fingerprint density at radius 1 is 1.47 bits per heavy atom. The second kappa shape index (κ2) is 6.58. The fourth-order valence-corrected chi connectivity index (χ4v) is 1.48. The van der Waals surface area contributed by atoms with Crippen molar-refractivity contribution in [2.24, 2.45) is 0 Å². The SMILES string of the molecule is CNCCc1cn(CCCN(C)C)cn1. The Hall–Kier alpha value is -0.870. The Morgan fingerprint density at radius 2 is 2.27 bits per heavy atom. The molecule has 0 unspecified atom stereocenters. The van der Waals surface area contributed by atoms with E-state index in [0.717, 1.165) is 26.1 Å². The second-order valence-corrected chi connectivity index (χ2v) is 4.11. The van der Waals surface area contributed by atoms with Crippen LogP contribution in [0.5, 0.6) is 0 Å². The van der Waals surface area contributed by atoms with Crippen molar-refractivity contribution in [2.75, 3.05) is 34.2 Å². The zero-order valence-electron chi connectivity index (χ0n) is 10.0. The molecular weight excluding hydrogens is 188 g/mol. The number of rotatable bonds is 7. The number of aryl methyl sites for hydroxylation is 1. The number of aromatic nitrogens is 2. The molecule has 15 heavy (non-hydrogen) atoms. The minimum absolute atomic E-state index is 0.995. The van der Waals surface area contributed by atoms with Crippen molar-refractivity contribution in [1.29, 1.82) is 0 Å². The molecule has 86 valence electrons. The van der Waals surface area contributed by atoms with E-state index in [0.29, 0.717) is 0 Å². The van der Waals surface area contributed by atoms with Gasteiger partial charge in [0.1, 0.15) is 0 Å². The third kappa shape index (κ3) is 4.95. The number of nitrogens with one attached hydrogen (secondary N) is 1. The summed E-state index contributed by atoms with van der Waals surface area (Å²) in [5, 5.41) is 3.13. The van der Waals surface area contributed by atoms with Gasteiger partial charge in [0.15, 0.2) is 0 Å². The number of imidazole rings is 1. The highest BCUT2D eigenvalue weighted by molar-refractivity contribution is 4.97. The lowest BCUT2D eigenvalue weighted by Gasteiger charge is -2.08. The van der Waals surface area contributed by atoms with Gasteiger partial charge in [-0.3, -0.25) is 0 Å². The van der Waals surface area contributed by atoms with E-state index in [1.54, 1.807) is 0 Å². The molecule has 1 aromatic heterocycles. The maximum atomic E-state index is 4.36. The smallest absolute Gasteiger partial charge is 0.0949 e. The Kier molecular flexibility index (Phi) is 5.36. The summed E-state index contributed by atoms with van der Waals surface area (Å²) in [4.78, 5) is 6.57. The molecule has 4 heteroatoms. The summed E-state index contributed by atoms with van der Waals surface area (Å²) in [6.45, 7) is 3.18. The van der Waals surface area contributed by atoms with Gasteiger partial charge in [-0.2, -0.15) is 0 Å². The average Bonchev–Trinajstić information content (AvgIpc) is 2.62. The molecule has 0 atom stereocenters. The van der Waals surface area contributed by atoms with E-state index < -0.39 is 0 Å². The van der Waals surface area contributed by atoms with Crippen molar-refractivity contribution in [1.82, 2.24) is 19.8 Å². The molecule has 0 aliphatic rings. The van der Waals surface area contributed by atoms with Gasteiger partial charge in [-0.1, -0.05) is 0 Å². The van der Waals surface area contributed by atoms with Crippen LogP contribution in [0.2, 0.25) is 0 Å². The molecule has 0 saturated carbocycles. The largest absolute Gasteiger partial charge is 0.337 e. The highest BCUT2D eigenvalue weighted by Crippen LogP contribution is 1.98. The van der Waals surface area contributed by atoms with Crippen LogP contribution in [0.1, 0.15) is 12.1 Å². The lowest BCUT2D eigenvalue weighted by molar-refractivity contribution is 0.386. The second-order valence-electron chi connectivity index (χ2n) is 4.11. The van der Waals surface area contributed by atoms with E-state index in [-0.39, 0.29) is 0 Å². The summed E-state index contributed by atoms with van der Waals surface area (Å²) in [5.41, 5.74) is 1.18. The van der Waals surface area contributed by atoms with E-state index in [1.807, 2.05) is 13.4 Å². The van der Waals surface area contributed by atoms with E-state index in [9.17, 15) is 0 Å². The van der Waals surface area contributed by atoms with Crippen molar-refractivity contribution in [3.05, 3.63) is 18.2 Å². The van der Waals surface area contributed by atoms with E-state index in [1.165, 1.54) is 12.1 Å². The fraction of sp³-hybridized carbons (Fsp3) is 0.727. The van der Waals surface area contributed by atoms with Crippen molar-refractivity contribution < 1.29 is 0 Å². The molecule has 0 radical (unpaired) electrons. The van der Waals surface area contributed by atoms with Gasteiger partial charge >= 0.3 is 0 Å². The molecule has 1 N–H and O–H groups in total. The van der Waals surface area contributed by atoms with Crippen LogP contribution in [0.25, 0.3) is 0 Å². The highest BCUT2D eigenvalue weighted by Gasteiger charge is 1.98. The monoisotopic (exact) mass is 210 g/mol. The summed E-state index contributed by atoms with van der Waals surface area (Å²) in [6.07, 6.45) is 6.26. The molecule has 1 rings (SSSR count). The summed E-state index contributed by atoms with van der Waals surface area (Å²) in [6, 6.07) is 0. The Balaban J connectivity index is 2.26. The number of hydrogen-bond acceptors (Lipinski definition) is 3. The minimum Gasteiger partial charge on any atom is -0.337 e. The van der Waals surface area contributed by atoms with Gasteiger partial charge in [-0.25, -0.2) is 4.98 Å². The van der Waals surface area contributed by atoms with Crippen LogP contribution in [0.3, 0.4) is 0 Å². The van der Waals surface area contributed by atoms with Gasteiger partial charge in [0.05, 0.1) is 12.0 Å². The maximum absolute atomic E-state index is 4.36. The molecule has 4 nitrogen and oxygen atoms in total. The van der Waals surface area contributed by atoms with Gasteiger partial charge in [-0.15, -0.1) is 0 Å². The standard InChI is InChI=1S/C11H22N4/c1-12-6-5-11-9-15(10-13-11)8-4-7-14(2)3/h9-10,12H,4-8H2,1-3H3. The van der Waals surface area contributed by atoms with Crippen LogP contribution in [0.15, 0.2) is 12.5 Å². The third-order valence-corrected chi connectivity index (χ3v) is 2.34. The maximum Gasteiger partial charge on any atom is 0.0949 e. The summed E-state index contributed by atoms with van der Waals surface area (Å²) < 4.78 is 2.18. The van der Waals surface area contributed by atoms with Crippen LogP contribution in [-0.4, -0.2) is 48.7 Å². The lowest BCUT2D eigenvalue weighted by atomic mass is 10.3. The van der Waals surface area contributed by atoms with Crippen LogP contribution >= 0.6 is 0 Å². The number of hydrogen-bond donors (Lipinski definition) is 1. The van der Waals surface area contributed by atoms with Gasteiger partial charge in [0.2, 0.25) is 0 Å². The normalized spacial score (nSPS) is 11.2. The molecule has 0 aliphatic carbocycles. The first-order valence-corrected chi connectivity index (χ1v) is 5.52. The minimum atomic E-state index is 0.995. The quantitative estimate of drug-likeness (QED) is 0.715. The molecule has 0 spiro atoms. The third-order valence-electron chi connectivity index (χ3n) is 2.34. The van der Waals surface area contributed by atoms with Gasteiger partial charge in [0.25, 0.3) is 0 Å².